The summed E-state index contributed by atoms with van der Waals surface area (Å²) in [5, 5.41) is 13.7. The van der Waals surface area contributed by atoms with Gasteiger partial charge >= 0.3 is 6.03 Å². The number of rotatable bonds is 6. The first-order valence-corrected chi connectivity index (χ1v) is 15.7. The maximum atomic E-state index is 13.8. The topological polar surface area (TPSA) is 121 Å². The quantitative estimate of drug-likeness (QED) is 0.236. The van der Waals surface area contributed by atoms with E-state index in [4.69, 9.17) is 16.6 Å². The van der Waals surface area contributed by atoms with Gasteiger partial charge in [0.1, 0.15) is 6.04 Å². The van der Waals surface area contributed by atoms with E-state index in [1.165, 1.54) is 29.4 Å². The average Bonchev–Trinajstić information content (AvgIpc) is 3.49. The Morgan fingerprint density at radius 3 is 2.70 bits per heavy atom. The lowest BCUT2D eigenvalue weighted by atomic mass is 9.95. The van der Waals surface area contributed by atoms with E-state index >= 15 is 0 Å². The third-order valence-corrected chi connectivity index (χ3v) is 8.76. The first-order chi connectivity index (χ1) is 21.4. The van der Waals surface area contributed by atoms with Crippen LogP contribution in [0.2, 0.25) is 5.02 Å². The van der Waals surface area contributed by atoms with Crippen molar-refractivity contribution in [1.82, 2.24) is 34.4 Å². The Morgan fingerprint density at radius 1 is 1.09 bits per heavy atom. The highest BCUT2D eigenvalue weighted by Crippen LogP contribution is 2.38. The van der Waals surface area contributed by atoms with Crippen LogP contribution in [0.4, 0.5) is 4.79 Å². The van der Waals surface area contributed by atoms with Gasteiger partial charge in [0.2, 0.25) is 5.91 Å². The fourth-order valence-corrected chi connectivity index (χ4v) is 6.52. The molecule has 6 rings (SSSR count). The lowest BCUT2D eigenvalue weighted by molar-refractivity contribution is -0.127. The zero-order valence-corrected chi connectivity index (χ0v) is 26.2. The van der Waals surface area contributed by atoms with Crippen LogP contribution < -0.4 is 10.7 Å². The molecule has 0 bridgehead atoms. The number of urea groups is 1. The normalized spacial score (nSPS) is 18.2. The van der Waals surface area contributed by atoms with Crippen LogP contribution in [0, 0.1) is 0 Å². The number of pyridine rings is 2. The minimum absolute atomic E-state index is 0.215. The molecule has 3 aromatic heterocycles. The van der Waals surface area contributed by atoms with Crippen molar-refractivity contribution in [1.29, 1.82) is 0 Å². The fraction of sp³-hybridized carbons (Fsp3) is 0.323. The van der Waals surface area contributed by atoms with E-state index in [-0.39, 0.29) is 11.9 Å². The summed E-state index contributed by atoms with van der Waals surface area (Å²) in [6.45, 7) is 2.27. The maximum Gasteiger partial charge on any atom is 0.344 e. The Balaban J connectivity index is 1.30. The molecule has 1 aliphatic heterocycles. The van der Waals surface area contributed by atoms with Crippen molar-refractivity contribution in [3.8, 4) is 0 Å². The summed E-state index contributed by atoms with van der Waals surface area (Å²) in [6, 6.07) is 9.66. The number of hydrogen-bond acceptors (Lipinski definition) is 6. The van der Waals surface area contributed by atoms with E-state index in [0.717, 1.165) is 44.4 Å². The molecule has 13 heteroatoms. The fourth-order valence-electron chi connectivity index (χ4n) is 5.94. The second kappa shape index (κ2) is 13.3. The van der Waals surface area contributed by atoms with Crippen LogP contribution in [-0.2, 0) is 24.2 Å². The van der Waals surface area contributed by atoms with Gasteiger partial charge in [0.15, 0.2) is 0 Å². The summed E-state index contributed by atoms with van der Waals surface area (Å²) in [7, 11) is 0. The average molecular weight is 680 g/mol. The number of hydrogen-bond donors (Lipinski definition) is 2. The zero-order valence-electron chi connectivity index (χ0n) is 23.9. The van der Waals surface area contributed by atoms with Crippen molar-refractivity contribution in [3.63, 3.8) is 0 Å². The highest BCUT2D eigenvalue weighted by Gasteiger charge is 2.40. The third-order valence-electron chi connectivity index (χ3n) is 8.09. The van der Waals surface area contributed by atoms with Gasteiger partial charge in [-0.05, 0) is 82.2 Å². The molecule has 1 aromatic carbocycles. The summed E-state index contributed by atoms with van der Waals surface area (Å²) < 4.78 is 3.75. The number of fused-ring (bicyclic) bond motifs is 2. The van der Waals surface area contributed by atoms with Crippen LogP contribution in [0.5, 0.6) is 0 Å². The van der Waals surface area contributed by atoms with Crippen molar-refractivity contribution < 1.29 is 14.8 Å². The number of carbonyl (C=O) groups is 2. The number of aromatic nitrogens is 4. The first-order valence-electron chi connectivity index (χ1n) is 14.5. The van der Waals surface area contributed by atoms with Gasteiger partial charge in [-0.3, -0.25) is 14.7 Å². The largest absolute Gasteiger partial charge is 0.429 e. The Labute approximate surface area is 267 Å². The lowest BCUT2D eigenvalue weighted by Crippen LogP contribution is -2.61. The number of imidazole rings is 1. The molecule has 1 fully saturated rings. The molecule has 3 amide bonds. The summed E-state index contributed by atoms with van der Waals surface area (Å²) in [5.74, 6) is -0.237. The van der Waals surface area contributed by atoms with Crippen molar-refractivity contribution in [2.45, 2.75) is 37.9 Å². The van der Waals surface area contributed by atoms with Crippen molar-refractivity contribution in [3.05, 3.63) is 111 Å². The molecule has 0 saturated carbocycles. The summed E-state index contributed by atoms with van der Waals surface area (Å²) >= 11 is 10.0. The van der Waals surface area contributed by atoms with Crippen LogP contribution in [-0.4, -0.2) is 78.4 Å². The minimum atomic E-state index is -0.780. The number of benzene rings is 1. The smallest absolute Gasteiger partial charge is 0.344 e. The van der Waals surface area contributed by atoms with Crippen LogP contribution in [0.1, 0.15) is 34.8 Å². The molecule has 228 valence electrons. The van der Waals surface area contributed by atoms with Crippen molar-refractivity contribution in [2.75, 3.05) is 26.2 Å². The van der Waals surface area contributed by atoms with E-state index < -0.39 is 12.1 Å². The van der Waals surface area contributed by atoms with Crippen LogP contribution in [0.25, 0.3) is 0 Å². The number of halogens is 2. The number of piperazine rings is 1. The van der Waals surface area contributed by atoms with E-state index in [9.17, 15) is 14.8 Å². The van der Waals surface area contributed by atoms with Gasteiger partial charge in [0, 0.05) is 73.2 Å². The van der Waals surface area contributed by atoms with Gasteiger partial charge in [-0.15, -0.1) is 0 Å². The Morgan fingerprint density at radius 2 is 1.91 bits per heavy atom. The first kappa shape index (κ1) is 30.0. The predicted octanol–water partition coefficient (Wildman–Crippen LogP) is 3.83. The van der Waals surface area contributed by atoms with E-state index in [2.05, 4.69) is 48.3 Å². The second-order valence-electron chi connectivity index (χ2n) is 10.9. The molecule has 11 nitrogen and oxygen atoms in total. The Hall–Kier alpha value is -4.00. The number of carbonyl (C=O) groups excluding carboxylic acids is 2. The van der Waals surface area contributed by atoms with Crippen LogP contribution in [0.3, 0.4) is 0 Å². The van der Waals surface area contributed by atoms with Gasteiger partial charge in [-0.2, -0.15) is 4.99 Å². The molecule has 1 saturated heterocycles. The SMILES string of the molecule is O=C(NCCCn1ccnc1)C1CN(C2c3ccc(Cl)cc3CCc3cc(Br)cnc32)CCN1C(=O)N=c1ccn(O)cc1. The molecule has 4 heterocycles. The van der Waals surface area contributed by atoms with Crippen molar-refractivity contribution >= 4 is 39.5 Å². The molecule has 4 aromatic rings. The molecule has 2 aliphatic rings. The molecule has 1 aliphatic carbocycles. The third kappa shape index (κ3) is 6.72. The number of aryl methyl sites for hydroxylation is 3. The Kier molecular flexibility index (Phi) is 9.10. The van der Waals surface area contributed by atoms with Crippen LogP contribution >= 0.6 is 27.5 Å². The molecular formula is C31H32BrClN8O3. The molecule has 0 radical (unpaired) electrons. The van der Waals surface area contributed by atoms with E-state index in [1.807, 2.05) is 29.1 Å². The highest BCUT2D eigenvalue weighted by atomic mass is 79.9. The minimum Gasteiger partial charge on any atom is -0.429 e. The number of amides is 3. The predicted molar refractivity (Wildman–Crippen MR) is 167 cm³/mol. The highest BCUT2D eigenvalue weighted by molar-refractivity contribution is 9.10. The summed E-state index contributed by atoms with van der Waals surface area (Å²) in [4.78, 5) is 44.3. The van der Waals surface area contributed by atoms with Gasteiger partial charge in [-0.25, -0.2) is 14.5 Å². The van der Waals surface area contributed by atoms with Crippen molar-refractivity contribution in [2.24, 2.45) is 4.99 Å². The Bertz CT molecular complexity index is 1650. The van der Waals surface area contributed by atoms with Gasteiger partial charge in [0.25, 0.3) is 0 Å². The molecule has 0 spiro atoms. The van der Waals surface area contributed by atoms with Crippen LogP contribution in [0.15, 0.2) is 83.2 Å². The monoisotopic (exact) mass is 678 g/mol. The molecule has 2 unspecified atom stereocenters. The standard InChI is InChI=1S/C31H32BrClN8O3/c32-23-16-22-3-2-21-17-24(33)4-5-26(21)29(28(22)36-18-23)39-14-15-41(31(43)37-25-6-11-40(44)12-7-25)27(19-39)30(42)35-8-1-10-38-13-9-34-20-38/h4-7,9,11-13,16-18,20,27,29,44H,1-3,8,10,14-15,19H2,(H,35,42). The maximum absolute atomic E-state index is 13.8. The summed E-state index contributed by atoms with van der Waals surface area (Å²) in [5.41, 5.74) is 4.33. The summed E-state index contributed by atoms with van der Waals surface area (Å²) in [6.07, 6.45) is 12.3. The van der Waals surface area contributed by atoms with Gasteiger partial charge < -0.3 is 20.0 Å². The lowest BCUT2D eigenvalue weighted by Gasteiger charge is -2.43. The molecule has 44 heavy (non-hydrogen) atoms. The zero-order chi connectivity index (χ0) is 30.6. The molecular weight excluding hydrogens is 648 g/mol. The molecule has 2 atom stereocenters. The molecule has 2 N–H and O–H groups in total. The van der Waals surface area contributed by atoms with Gasteiger partial charge in [0.05, 0.1) is 23.4 Å². The second-order valence-corrected chi connectivity index (χ2v) is 12.3. The number of nitrogens with one attached hydrogen (secondary N) is 1. The van der Waals surface area contributed by atoms with E-state index in [0.29, 0.717) is 49.5 Å². The number of nitrogens with zero attached hydrogens (tertiary/aromatic N) is 7. The van der Waals surface area contributed by atoms with E-state index in [1.54, 1.807) is 12.5 Å². The van der Waals surface area contributed by atoms with Gasteiger partial charge in [-0.1, -0.05) is 17.7 Å².